The molecule has 2 aromatic carbocycles. The summed E-state index contributed by atoms with van der Waals surface area (Å²) in [5, 5.41) is 3.02. The van der Waals surface area contributed by atoms with Crippen LogP contribution in [-0.2, 0) is 9.84 Å². The number of hydrogen-bond acceptors (Lipinski definition) is 8. The van der Waals surface area contributed by atoms with Crippen LogP contribution in [0.25, 0.3) is 0 Å². The van der Waals surface area contributed by atoms with Crippen molar-refractivity contribution >= 4 is 69.4 Å². The van der Waals surface area contributed by atoms with Gasteiger partial charge in [0.25, 0.3) is 0 Å². The smallest absolute Gasteiger partial charge is 0.236 e. The normalized spacial score (nSPS) is 14.0. The number of nitrogens with two attached hydrogens (primary N) is 1. The Labute approximate surface area is 254 Å². The first kappa shape index (κ1) is 33.9. The second-order valence-corrected chi connectivity index (χ2v) is 13.0. The predicted molar refractivity (Wildman–Crippen MR) is 168 cm³/mol. The van der Waals surface area contributed by atoms with Crippen molar-refractivity contribution in [2.75, 3.05) is 23.7 Å². The molecule has 1 fully saturated rings. The second-order valence-electron chi connectivity index (χ2n) is 10.2. The van der Waals surface area contributed by atoms with E-state index in [0.717, 1.165) is 31.5 Å². The van der Waals surface area contributed by atoms with Crippen LogP contribution in [0.1, 0.15) is 57.6 Å². The SMILES string of the molecule is Cc1cc(N(c2ncc(Cl)c(N)n2)c2ccccc2S(=O)(=O)C(C)C)c(OC(C)C)cc1C1CCNCC1.Cl.Cl. The minimum Gasteiger partial charge on any atom is -0.489 e. The number of nitrogen functional groups attached to an aromatic ring is 1. The maximum atomic E-state index is 13.5. The minimum absolute atomic E-state index is 0. The van der Waals surface area contributed by atoms with Gasteiger partial charge < -0.3 is 15.8 Å². The number of halogens is 3. The molecule has 1 aromatic heterocycles. The van der Waals surface area contributed by atoms with Gasteiger partial charge in [0.05, 0.1) is 33.8 Å². The van der Waals surface area contributed by atoms with Crippen molar-refractivity contribution in [2.45, 2.75) is 69.6 Å². The van der Waals surface area contributed by atoms with E-state index >= 15 is 0 Å². The molecule has 1 aliphatic rings. The Balaban J connectivity index is 0.00000280. The van der Waals surface area contributed by atoms with Crippen molar-refractivity contribution in [3.05, 3.63) is 58.7 Å². The van der Waals surface area contributed by atoms with Crippen LogP contribution in [-0.4, -0.2) is 42.8 Å². The van der Waals surface area contributed by atoms with Crippen molar-refractivity contribution in [1.29, 1.82) is 0 Å². The molecule has 2 heterocycles. The van der Waals surface area contributed by atoms with Gasteiger partial charge in [-0.3, -0.25) is 4.90 Å². The van der Waals surface area contributed by atoms with Crippen molar-refractivity contribution < 1.29 is 13.2 Å². The summed E-state index contributed by atoms with van der Waals surface area (Å²) in [4.78, 5) is 10.8. The molecular formula is C28H38Cl3N5O3S. The number of nitrogens with zero attached hydrogens (tertiary/aromatic N) is 3. The molecule has 1 saturated heterocycles. The van der Waals surface area contributed by atoms with E-state index in [9.17, 15) is 8.42 Å². The maximum Gasteiger partial charge on any atom is 0.236 e. The topological polar surface area (TPSA) is 110 Å². The first-order valence-corrected chi connectivity index (χ1v) is 14.9. The number of para-hydroxylation sites is 1. The van der Waals surface area contributed by atoms with Gasteiger partial charge in [0, 0.05) is 0 Å². The molecule has 0 unspecified atom stereocenters. The summed E-state index contributed by atoms with van der Waals surface area (Å²) >= 11 is 6.16. The van der Waals surface area contributed by atoms with Crippen LogP contribution in [0.4, 0.5) is 23.1 Å². The summed E-state index contributed by atoms with van der Waals surface area (Å²) in [5.74, 6) is 1.32. The lowest BCUT2D eigenvalue weighted by Crippen LogP contribution is -2.27. The largest absolute Gasteiger partial charge is 0.489 e. The molecular weight excluding hydrogens is 593 g/mol. The van der Waals surface area contributed by atoms with Gasteiger partial charge in [0.15, 0.2) is 9.84 Å². The molecule has 4 rings (SSSR count). The van der Waals surface area contributed by atoms with E-state index in [1.54, 1.807) is 43.0 Å². The van der Waals surface area contributed by atoms with Crippen LogP contribution in [0.3, 0.4) is 0 Å². The molecule has 3 aromatic rings. The molecule has 0 radical (unpaired) electrons. The lowest BCUT2D eigenvalue weighted by molar-refractivity contribution is 0.243. The maximum absolute atomic E-state index is 13.5. The van der Waals surface area contributed by atoms with Gasteiger partial charge >= 0.3 is 0 Å². The fraction of sp³-hybridized carbons (Fsp3) is 0.429. The molecule has 3 N–H and O–H groups in total. The van der Waals surface area contributed by atoms with Crippen LogP contribution < -0.4 is 20.7 Å². The third-order valence-electron chi connectivity index (χ3n) is 6.72. The van der Waals surface area contributed by atoms with Gasteiger partial charge in [-0.1, -0.05) is 23.7 Å². The Bertz CT molecular complexity index is 1410. The van der Waals surface area contributed by atoms with Crippen molar-refractivity contribution in [1.82, 2.24) is 15.3 Å². The Morgan fingerprint density at radius 2 is 1.73 bits per heavy atom. The molecule has 0 saturated carbocycles. The van der Waals surface area contributed by atoms with E-state index in [1.807, 2.05) is 19.9 Å². The zero-order valence-electron chi connectivity index (χ0n) is 23.3. The molecule has 0 atom stereocenters. The first-order valence-electron chi connectivity index (χ1n) is 12.9. The Morgan fingerprint density at radius 3 is 2.33 bits per heavy atom. The number of anilines is 4. The monoisotopic (exact) mass is 629 g/mol. The van der Waals surface area contributed by atoms with Gasteiger partial charge in [-0.05, 0) is 102 Å². The van der Waals surface area contributed by atoms with E-state index in [1.165, 1.54) is 11.8 Å². The number of aryl methyl sites for hydroxylation is 1. The minimum atomic E-state index is -3.66. The van der Waals surface area contributed by atoms with Crippen molar-refractivity contribution in [2.24, 2.45) is 0 Å². The predicted octanol–water partition coefficient (Wildman–Crippen LogP) is 6.77. The van der Waals surface area contributed by atoms with E-state index in [4.69, 9.17) is 22.1 Å². The highest BCUT2D eigenvalue weighted by Crippen LogP contribution is 2.45. The lowest BCUT2D eigenvalue weighted by atomic mass is 9.87. The lowest BCUT2D eigenvalue weighted by Gasteiger charge is -2.31. The Kier molecular flexibility index (Phi) is 11.9. The quantitative estimate of drug-likeness (QED) is 0.281. The molecule has 0 bridgehead atoms. The number of sulfone groups is 1. The molecule has 8 nitrogen and oxygen atoms in total. The van der Waals surface area contributed by atoms with Crippen molar-refractivity contribution in [3.63, 3.8) is 0 Å². The van der Waals surface area contributed by atoms with E-state index < -0.39 is 15.1 Å². The first-order chi connectivity index (χ1) is 18.0. The van der Waals surface area contributed by atoms with Gasteiger partial charge in [0.2, 0.25) is 5.95 Å². The fourth-order valence-corrected chi connectivity index (χ4v) is 6.06. The third kappa shape index (κ3) is 7.12. The number of nitrogens with one attached hydrogen (secondary N) is 1. The molecule has 220 valence electrons. The van der Waals surface area contributed by atoms with Gasteiger partial charge in [-0.2, -0.15) is 4.98 Å². The van der Waals surface area contributed by atoms with Crippen LogP contribution in [0.2, 0.25) is 5.02 Å². The summed E-state index contributed by atoms with van der Waals surface area (Å²) < 4.78 is 33.3. The average molecular weight is 631 g/mol. The number of aromatic nitrogens is 2. The average Bonchev–Trinajstić information content (AvgIpc) is 2.88. The van der Waals surface area contributed by atoms with E-state index in [2.05, 4.69) is 28.3 Å². The summed E-state index contributed by atoms with van der Waals surface area (Å²) in [6.07, 6.45) is 3.38. The van der Waals surface area contributed by atoms with Crippen LogP contribution >= 0.6 is 36.4 Å². The Hall–Kier alpha value is -2.30. The zero-order valence-corrected chi connectivity index (χ0v) is 26.6. The molecule has 1 aliphatic heterocycles. The second kappa shape index (κ2) is 14.0. The highest BCUT2D eigenvalue weighted by Gasteiger charge is 2.30. The standard InChI is InChI=1S/C28H36ClN5O3S.2ClH/c1-17(2)37-25-15-21(20-10-12-31-13-11-20)19(5)14-24(25)34(28-32-16-22(29)27(30)33-28)23-8-6-7-9-26(23)38(35,36)18(3)4;;/h6-9,14-18,20,31H,10-13H2,1-5H3,(H2,30,32,33);2*1H. The number of benzene rings is 2. The fourth-order valence-electron chi connectivity index (χ4n) is 4.74. The highest BCUT2D eigenvalue weighted by atomic mass is 35.5. The third-order valence-corrected chi connectivity index (χ3v) is 9.21. The summed E-state index contributed by atoms with van der Waals surface area (Å²) in [7, 11) is -3.66. The number of hydrogen-bond donors (Lipinski definition) is 2. The van der Waals surface area contributed by atoms with Gasteiger partial charge in [0.1, 0.15) is 16.6 Å². The van der Waals surface area contributed by atoms with E-state index in [0.29, 0.717) is 23.0 Å². The van der Waals surface area contributed by atoms with Crippen LogP contribution in [0.5, 0.6) is 5.75 Å². The van der Waals surface area contributed by atoms with E-state index in [-0.39, 0.29) is 52.6 Å². The number of rotatable bonds is 8. The van der Waals surface area contributed by atoms with Gasteiger partial charge in [-0.25, -0.2) is 13.4 Å². The zero-order chi connectivity index (χ0) is 27.6. The summed E-state index contributed by atoms with van der Waals surface area (Å²) in [6.45, 7) is 11.3. The molecule has 12 heteroatoms. The molecule has 0 aliphatic carbocycles. The van der Waals surface area contributed by atoms with Crippen molar-refractivity contribution in [3.8, 4) is 5.75 Å². The number of ether oxygens (including phenoxy) is 1. The Morgan fingerprint density at radius 1 is 1.07 bits per heavy atom. The van der Waals surface area contributed by atoms with Gasteiger partial charge in [-0.15, -0.1) is 24.8 Å². The molecule has 0 spiro atoms. The summed E-state index contributed by atoms with van der Waals surface area (Å²) in [5.41, 5.74) is 9.44. The van der Waals surface area contributed by atoms with Crippen LogP contribution in [0.15, 0.2) is 47.5 Å². The molecule has 0 amide bonds. The highest BCUT2D eigenvalue weighted by molar-refractivity contribution is 7.92. The summed E-state index contributed by atoms with van der Waals surface area (Å²) in [6, 6.07) is 11.0. The van der Waals surface area contributed by atoms with Crippen LogP contribution in [0, 0.1) is 6.92 Å². The molecule has 40 heavy (non-hydrogen) atoms. The number of piperidine rings is 1.